The molecule has 0 saturated carbocycles. The van der Waals surface area contributed by atoms with E-state index in [-0.39, 0.29) is 6.42 Å². The summed E-state index contributed by atoms with van der Waals surface area (Å²) in [5.41, 5.74) is 3.23. The molecule has 0 spiro atoms. The summed E-state index contributed by atoms with van der Waals surface area (Å²) in [7, 11) is 0. The van der Waals surface area contributed by atoms with Crippen LogP contribution < -0.4 is 0 Å². The Hall–Kier alpha value is -2.04. The van der Waals surface area contributed by atoms with Crippen LogP contribution >= 0.6 is 0 Å². The SMILES string of the molecule is O=C(O)CCc1nc(-c2ccc[nH]2)c2n1CCC2. The normalized spacial score (nSPS) is 13.8. The average Bonchev–Trinajstić information content (AvgIpc) is 3.04. The van der Waals surface area contributed by atoms with Crippen molar-refractivity contribution >= 4 is 5.97 Å². The monoisotopic (exact) mass is 245 g/mol. The highest BCUT2D eigenvalue weighted by atomic mass is 16.4. The van der Waals surface area contributed by atoms with Gasteiger partial charge in [-0.3, -0.25) is 4.79 Å². The lowest BCUT2D eigenvalue weighted by Crippen LogP contribution is -2.04. The van der Waals surface area contributed by atoms with Crippen LogP contribution in [0.5, 0.6) is 0 Å². The van der Waals surface area contributed by atoms with Crippen LogP contribution in [0.1, 0.15) is 24.4 Å². The molecule has 1 aliphatic heterocycles. The van der Waals surface area contributed by atoms with Crippen LogP contribution in [0.15, 0.2) is 18.3 Å². The first-order chi connectivity index (χ1) is 8.75. The van der Waals surface area contributed by atoms with Gasteiger partial charge in [-0.1, -0.05) is 0 Å². The fraction of sp³-hybridized carbons (Fsp3) is 0.385. The second kappa shape index (κ2) is 4.33. The number of imidazole rings is 1. The number of nitrogens with zero attached hydrogens (tertiary/aromatic N) is 2. The van der Waals surface area contributed by atoms with Crippen LogP contribution in [-0.2, 0) is 24.2 Å². The Bertz CT molecular complexity index is 569. The van der Waals surface area contributed by atoms with Crippen LogP contribution in [0.25, 0.3) is 11.4 Å². The number of H-pyrrole nitrogens is 1. The van der Waals surface area contributed by atoms with E-state index in [1.165, 1.54) is 5.69 Å². The number of hydrogen-bond acceptors (Lipinski definition) is 2. The van der Waals surface area contributed by atoms with Gasteiger partial charge >= 0.3 is 5.97 Å². The van der Waals surface area contributed by atoms with Crippen molar-refractivity contribution in [1.82, 2.24) is 14.5 Å². The van der Waals surface area contributed by atoms with Gasteiger partial charge in [0.15, 0.2) is 0 Å². The highest BCUT2D eigenvalue weighted by molar-refractivity contribution is 5.67. The van der Waals surface area contributed by atoms with Crippen molar-refractivity contribution in [2.75, 3.05) is 0 Å². The van der Waals surface area contributed by atoms with E-state index in [2.05, 4.69) is 14.5 Å². The quantitative estimate of drug-likeness (QED) is 0.863. The molecule has 2 N–H and O–H groups in total. The molecule has 3 rings (SSSR count). The second-order valence-electron chi connectivity index (χ2n) is 4.56. The maximum atomic E-state index is 10.7. The number of carboxylic acid groups (broad SMARTS) is 1. The topological polar surface area (TPSA) is 70.9 Å². The van der Waals surface area contributed by atoms with Gasteiger partial charge in [0.1, 0.15) is 11.5 Å². The minimum atomic E-state index is -0.772. The Morgan fingerprint density at radius 1 is 1.56 bits per heavy atom. The van der Waals surface area contributed by atoms with Gasteiger partial charge in [-0.05, 0) is 25.0 Å². The molecule has 94 valence electrons. The lowest BCUT2D eigenvalue weighted by Gasteiger charge is -2.01. The maximum Gasteiger partial charge on any atom is 0.303 e. The van der Waals surface area contributed by atoms with E-state index in [1.54, 1.807) is 0 Å². The molecule has 3 heterocycles. The molecular weight excluding hydrogens is 230 g/mol. The Balaban J connectivity index is 1.97. The first-order valence-electron chi connectivity index (χ1n) is 6.19. The molecule has 2 aromatic heterocycles. The fourth-order valence-corrected chi connectivity index (χ4v) is 2.56. The average molecular weight is 245 g/mol. The van der Waals surface area contributed by atoms with Gasteiger partial charge in [0, 0.05) is 24.9 Å². The van der Waals surface area contributed by atoms with Crippen molar-refractivity contribution < 1.29 is 9.90 Å². The zero-order chi connectivity index (χ0) is 12.5. The summed E-state index contributed by atoms with van der Waals surface area (Å²) in [6.07, 6.45) is 4.66. The zero-order valence-corrected chi connectivity index (χ0v) is 10.0. The largest absolute Gasteiger partial charge is 0.481 e. The number of rotatable bonds is 4. The van der Waals surface area contributed by atoms with E-state index < -0.39 is 5.97 Å². The van der Waals surface area contributed by atoms with Gasteiger partial charge < -0.3 is 14.7 Å². The lowest BCUT2D eigenvalue weighted by atomic mass is 10.2. The van der Waals surface area contributed by atoms with Gasteiger partial charge in [-0.25, -0.2) is 4.98 Å². The van der Waals surface area contributed by atoms with Crippen molar-refractivity contribution in [1.29, 1.82) is 0 Å². The summed E-state index contributed by atoms with van der Waals surface area (Å²) in [5, 5.41) is 8.77. The summed E-state index contributed by atoms with van der Waals surface area (Å²) in [4.78, 5) is 18.4. The predicted molar refractivity (Wildman–Crippen MR) is 66.3 cm³/mol. The smallest absolute Gasteiger partial charge is 0.303 e. The summed E-state index contributed by atoms with van der Waals surface area (Å²) >= 11 is 0. The van der Waals surface area contributed by atoms with E-state index >= 15 is 0 Å². The number of aliphatic carboxylic acids is 1. The standard InChI is InChI=1S/C13H15N3O2/c17-12(18)6-5-11-15-13(9-3-1-7-14-9)10-4-2-8-16(10)11/h1,3,7,14H,2,4-6,8H2,(H,17,18). The van der Waals surface area contributed by atoms with Crippen LogP contribution in [0.4, 0.5) is 0 Å². The summed E-state index contributed by atoms with van der Waals surface area (Å²) < 4.78 is 2.18. The number of aryl methyl sites for hydroxylation is 1. The zero-order valence-electron chi connectivity index (χ0n) is 10.0. The van der Waals surface area contributed by atoms with Gasteiger partial charge in [-0.15, -0.1) is 0 Å². The van der Waals surface area contributed by atoms with Crippen LogP contribution in [-0.4, -0.2) is 25.6 Å². The molecule has 18 heavy (non-hydrogen) atoms. The first kappa shape index (κ1) is 11.1. The van der Waals surface area contributed by atoms with Crippen molar-refractivity contribution in [3.8, 4) is 11.4 Å². The minimum Gasteiger partial charge on any atom is -0.481 e. The van der Waals surface area contributed by atoms with Gasteiger partial charge in [0.25, 0.3) is 0 Å². The molecule has 1 aliphatic rings. The van der Waals surface area contributed by atoms with Gasteiger partial charge in [0.2, 0.25) is 0 Å². The number of hydrogen-bond donors (Lipinski definition) is 2. The molecule has 0 fully saturated rings. The summed E-state index contributed by atoms with van der Waals surface area (Å²) in [6.45, 7) is 0.956. The summed E-state index contributed by atoms with van der Waals surface area (Å²) in [5.74, 6) is 0.126. The van der Waals surface area contributed by atoms with Crippen LogP contribution in [0.3, 0.4) is 0 Å². The van der Waals surface area contributed by atoms with Crippen molar-refractivity contribution in [2.45, 2.75) is 32.2 Å². The van der Waals surface area contributed by atoms with Crippen molar-refractivity contribution in [3.05, 3.63) is 29.8 Å². The maximum absolute atomic E-state index is 10.7. The molecule has 0 bridgehead atoms. The molecule has 0 aromatic carbocycles. The third-order valence-electron chi connectivity index (χ3n) is 3.36. The Kier molecular flexibility index (Phi) is 2.66. The van der Waals surface area contributed by atoms with E-state index in [0.29, 0.717) is 6.42 Å². The second-order valence-corrected chi connectivity index (χ2v) is 4.56. The Morgan fingerprint density at radius 3 is 3.17 bits per heavy atom. The van der Waals surface area contributed by atoms with E-state index in [4.69, 9.17) is 5.11 Å². The molecule has 2 aromatic rings. The van der Waals surface area contributed by atoms with Gasteiger partial charge in [-0.2, -0.15) is 0 Å². The number of nitrogens with one attached hydrogen (secondary N) is 1. The van der Waals surface area contributed by atoms with E-state index in [9.17, 15) is 4.79 Å². The number of aromatic amines is 1. The van der Waals surface area contributed by atoms with Crippen molar-refractivity contribution in [2.24, 2.45) is 0 Å². The molecule has 0 aliphatic carbocycles. The summed E-state index contributed by atoms with van der Waals surface area (Å²) in [6, 6.07) is 3.95. The molecule has 0 atom stereocenters. The minimum absolute atomic E-state index is 0.140. The van der Waals surface area contributed by atoms with E-state index in [1.807, 2.05) is 18.3 Å². The van der Waals surface area contributed by atoms with Crippen LogP contribution in [0.2, 0.25) is 0 Å². The Morgan fingerprint density at radius 2 is 2.44 bits per heavy atom. The number of fused-ring (bicyclic) bond motifs is 1. The molecule has 5 nitrogen and oxygen atoms in total. The Labute approximate surface area is 104 Å². The van der Waals surface area contributed by atoms with Crippen LogP contribution in [0, 0.1) is 0 Å². The molecule has 0 amide bonds. The molecule has 0 saturated heterocycles. The number of carbonyl (C=O) groups is 1. The van der Waals surface area contributed by atoms with Gasteiger partial charge in [0.05, 0.1) is 12.1 Å². The first-order valence-corrected chi connectivity index (χ1v) is 6.19. The highest BCUT2D eigenvalue weighted by Crippen LogP contribution is 2.28. The van der Waals surface area contributed by atoms with E-state index in [0.717, 1.165) is 36.6 Å². The molecule has 5 heteroatoms. The fourth-order valence-electron chi connectivity index (χ4n) is 2.56. The third kappa shape index (κ3) is 1.81. The predicted octanol–water partition coefficient (Wildman–Crippen LogP) is 1.84. The highest BCUT2D eigenvalue weighted by Gasteiger charge is 2.22. The number of aromatic nitrogens is 3. The molecule has 0 unspecified atom stereocenters. The molecule has 0 radical (unpaired) electrons. The number of carboxylic acids is 1. The lowest BCUT2D eigenvalue weighted by molar-refractivity contribution is -0.137. The molecular formula is C13H15N3O2. The van der Waals surface area contributed by atoms with Crippen molar-refractivity contribution in [3.63, 3.8) is 0 Å². The third-order valence-corrected chi connectivity index (χ3v) is 3.36.